The van der Waals surface area contributed by atoms with E-state index in [2.05, 4.69) is 16.4 Å². The molecule has 0 saturated carbocycles. The van der Waals surface area contributed by atoms with Crippen LogP contribution < -0.4 is 5.32 Å². The van der Waals surface area contributed by atoms with Crippen molar-refractivity contribution in [2.45, 2.75) is 22.5 Å². The molecule has 0 saturated heterocycles. The number of benzene rings is 2. The molecular weight excluding hydrogens is 415 g/mol. The third kappa shape index (κ3) is 5.16. The van der Waals surface area contributed by atoms with E-state index in [1.54, 1.807) is 30.5 Å². The van der Waals surface area contributed by atoms with Crippen LogP contribution in [0, 0.1) is 11.3 Å². The molecule has 0 aliphatic carbocycles. The highest BCUT2D eigenvalue weighted by Gasteiger charge is 2.30. The second kappa shape index (κ2) is 8.21. The molecule has 1 aromatic heterocycles. The van der Waals surface area contributed by atoms with E-state index in [4.69, 9.17) is 16.9 Å². The van der Waals surface area contributed by atoms with Crippen LogP contribution in [0.25, 0.3) is 0 Å². The summed E-state index contributed by atoms with van der Waals surface area (Å²) in [5, 5.41) is 12.3. The molecule has 138 valence electrons. The van der Waals surface area contributed by atoms with Crippen molar-refractivity contribution in [3.05, 3.63) is 69.1 Å². The first-order chi connectivity index (χ1) is 12.8. The Kier molecular flexibility index (Phi) is 5.95. The number of nitrogens with zero attached hydrogens (tertiary/aromatic N) is 2. The molecule has 0 aliphatic heterocycles. The molecule has 0 atom stereocenters. The Hall–Kier alpha value is -2.21. The normalized spacial score (nSPS) is 11.2. The highest BCUT2D eigenvalue weighted by Crippen LogP contribution is 2.37. The maximum absolute atomic E-state index is 12.9. The predicted octanol–water partition coefficient (Wildman–Crippen LogP) is 6.45. The van der Waals surface area contributed by atoms with E-state index in [9.17, 15) is 13.2 Å². The van der Waals surface area contributed by atoms with E-state index >= 15 is 0 Å². The number of alkyl halides is 3. The maximum Gasteiger partial charge on any atom is 0.416 e. The summed E-state index contributed by atoms with van der Waals surface area (Å²) < 4.78 is 39.2. The minimum absolute atomic E-state index is 0.427. The maximum atomic E-state index is 12.9. The molecule has 1 heterocycles. The lowest BCUT2D eigenvalue weighted by atomic mass is 10.2. The number of hydrogen-bond acceptors (Lipinski definition) is 5. The van der Waals surface area contributed by atoms with E-state index < -0.39 is 11.7 Å². The van der Waals surface area contributed by atoms with E-state index in [-0.39, 0.29) is 0 Å². The van der Waals surface area contributed by atoms with Gasteiger partial charge < -0.3 is 5.32 Å². The zero-order chi connectivity index (χ0) is 19.4. The van der Waals surface area contributed by atoms with E-state index in [1.807, 2.05) is 0 Å². The van der Waals surface area contributed by atoms with Gasteiger partial charge in [0.15, 0.2) is 4.47 Å². The summed E-state index contributed by atoms with van der Waals surface area (Å²) in [6.07, 6.45) is -2.75. The van der Waals surface area contributed by atoms with Gasteiger partial charge in [0.2, 0.25) is 0 Å². The van der Waals surface area contributed by atoms with Crippen LogP contribution in [0.4, 0.5) is 18.9 Å². The molecule has 0 fully saturated rings. The van der Waals surface area contributed by atoms with E-state index in [0.29, 0.717) is 32.1 Å². The number of anilines is 1. The van der Waals surface area contributed by atoms with Crippen molar-refractivity contribution < 1.29 is 13.2 Å². The Morgan fingerprint density at radius 3 is 2.70 bits per heavy atom. The van der Waals surface area contributed by atoms with E-state index in [0.717, 1.165) is 17.0 Å². The number of aromatic nitrogens is 1. The van der Waals surface area contributed by atoms with Crippen LogP contribution in [-0.4, -0.2) is 4.98 Å². The van der Waals surface area contributed by atoms with Crippen molar-refractivity contribution in [2.24, 2.45) is 0 Å². The van der Waals surface area contributed by atoms with Crippen molar-refractivity contribution in [3.8, 4) is 6.07 Å². The Labute approximate surface area is 166 Å². The quantitative estimate of drug-likeness (QED) is 0.510. The summed E-state index contributed by atoms with van der Waals surface area (Å²) in [6, 6.07) is 12.2. The Bertz CT molecular complexity index is 996. The standard InChI is InChI=1S/C18H11ClF3N3S2/c19-17-25-10-14(27-17)9-24-15-6-11(8-23)4-5-16(15)26-13-3-1-2-12(7-13)18(20,21)22/h1-7,10,24H,9H2. The van der Waals surface area contributed by atoms with Gasteiger partial charge in [-0.15, -0.1) is 11.3 Å². The fourth-order valence-electron chi connectivity index (χ4n) is 2.24. The first-order valence-electron chi connectivity index (χ1n) is 7.58. The number of halogens is 4. The summed E-state index contributed by atoms with van der Waals surface area (Å²) in [5.41, 5.74) is 0.407. The van der Waals surface area contributed by atoms with Gasteiger partial charge in [0, 0.05) is 26.6 Å². The summed E-state index contributed by atoms with van der Waals surface area (Å²) in [6.45, 7) is 0.440. The van der Waals surface area contributed by atoms with Gasteiger partial charge in [-0.3, -0.25) is 0 Å². The van der Waals surface area contributed by atoms with Gasteiger partial charge >= 0.3 is 6.18 Å². The fourth-order valence-corrected chi connectivity index (χ4v) is 4.12. The summed E-state index contributed by atoms with van der Waals surface area (Å²) in [7, 11) is 0. The summed E-state index contributed by atoms with van der Waals surface area (Å²) >= 11 is 8.34. The molecule has 0 aliphatic rings. The first-order valence-corrected chi connectivity index (χ1v) is 9.59. The second-order valence-electron chi connectivity index (χ2n) is 5.38. The first kappa shape index (κ1) is 19.5. The predicted molar refractivity (Wildman–Crippen MR) is 101 cm³/mol. The third-order valence-corrected chi connectivity index (χ3v) is 5.66. The smallest absolute Gasteiger partial charge is 0.379 e. The Morgan fingerprint density at radius 2 is 2.04 bits per heavy atom. The average Bonchev–Trinajstić information content (AvgIpc) is 3.05. The van der Waals surface area contributed by atoms with Gasteiger partial charge in [-0.2, -0.15) is 18.4 Å². The zero-order valence-corrected chi connectivity index (χ0v) is 15.9. The highest BCUT2D eigenvalue weighted by molar-refractivity contribution is 7.99. The van der Waals surface area contributed by atoms with Crippen LogP contribution in [0.15, 0.2) is 58.5 Å². The third-order valence-electron chi connectivity index (χ3n) is 3.48. The van der Waals surface area contributed by atoms with Crippen LogP contribution in [0.1, 0.15) is 16.0 Å². The molecular formula is C18H11ClF3N3S2. The minimum atomic E-state index is -4.40. The monoisotopic (exact) mass is 425 g/mol. The van der Waals surface area contributed by atoms with Crippen molar-refractivity contribution in [1.82, 2.24) is 4.98 Å². The fraction of sp³-hybridized carbons (Fsp3) is 0.111. The molecule has 3 nitrogen and oxygen atoms in total. The number of nitriles is 1. The topological polar surface area (TPSA) is 48.7 Å². The molecule has 3 rings (SSSR count). The van der Waals surface area contributed by atoms with Crippen LogP contribution in [0.3, 0.4) is 0 Å². The number of hydrogen-bond donors (Lipinski definition) is 1. The van der Waals surface area contributed by atoms with Gasteiger partial charge in [0.1, 0.15) is 0 Å². The number of nitrogens with one attached hydrogen (secondary N) is 1. The number of thiazole rings is 1. The van der Waals surface area contributed by atoms with Crippen LogP contribution in [0.5, 0.6) is 0 Å². The molecule has 0 amide bonds. The molecule has 2 aromatic carbocycles. The highest BCUT2D eigenvalue weighted by atomic mass is 35.5. The lowest BCUT2D eigenvalue weighted by Gasteiger charge is -2.13. The molecule has 3 aromatic rings. The van der Waals surface area contributed by atoms with Crippen LogP contribution >= 0.6 is 34.7 Å². The van der Waals surface area contributed by atoms with Gasteiger partial charge in [0.25, 0.3) is 0 Å². The molecule has 27 heavy (non-hydrogen) atoms. The number of rotatable bonds is 5. The lowest BCUT2D eigenvalue weighted by Crippen LogP contribution is -2.04. The molecule has 0 radical (unpaired) electrons. The van der Waals surface area contributed by atoms with Crippen LogP contribution in [-0.2, 0) is 12.7 Å². The van der Waals surface area contributed by atoms with Crippen molar-refractivity contribution in [1.29, 1.82) is 5.26 Å². The minimum Gasteiger partial charge on any atom is -0.379 e. The van der Waals surface area contributed by atoms with Crippen molar-refractivity contribution in [2.75, 3.05) is 5.32 Å². The molecule has 9 heteroatoms. The molecule has 0 spiro atoms. The van der Waals surface area contributed by atoms with Crippen molar-refractivity contribution >= 4 is 40.4 Å². The van der Waals surface area contributed by atoms with Gasteiger partial charge in [-0.25, -0.2) is 4.98 Å². The van der Waals surface area contributed by atoms with Gasteiger partial charge in [-0.05, 0) is 36.4 Å². The second-order valence-corrected chi connectivity index (χ2v) is 8.20. The summed E-state index contributed by atoms with van der Waals surface area (Å²) in [5.74, 6) is 0. The Balaban J connectivity index is 1.85. The van der Waals surface area contributed by atoms with Crippen molar-refractivity contribution in [3.63, 3.8) is 0 Å². The lowest BCUT2D eigenvalue weighted by molar-refractivity contribution is -0.137. The Morgan fingerprint density at radius 1 is 1.22 bits per heavy atom. The molecule has 0 bridgehead atoms. The zero-order valence-electron chi connectivity index (χ0n) is 13.5. The molecule has 0 unspecified atom stereocenters. The SMILES string of the molecule is N#Cc1ccc(Sc2cccc(C(F)(F)F)c2)c(NCc2cnc(Cl)s2)c1. The molecule has 1 N–H and O–H groups in total. The van der Waals surface area contributed by atoms with Gasteiger partial charge in [-0.1, -0.05) is 29.4 Å². The summed E-state index contributed by atoms with van der Waals surface area (Å²) in [4.78, 5) is 6.03. The largest absolute Gasteiger partial charge is 0.416 e. The van der Waals surface area contributed by atoms with Crippen LogP contribution in [0.2, 0.25) is 4.47 Å². The average molecular weight is 426 g/mol. The van der Waals surface area contributed by atoms with E-state index in [1.165, 1.54) is 29.2 Å². The van der Waals surface area contributed by atoms with Gasteiger partial charge in [0.05, 0.1) is 23.7 Å².